The molecule has 1 N–H and O–H groups in total. The van der Waals surface area contributed by atoms with Crippen LogP contribution in [0.4, 0.5) is 5.69 Å². The summed E-state index contributed by atoms with van der Waals surface area (Å²) in [5.41, 5.74) is 0.908. The molecule has 1 heterocycles. The summed E-state index contributed by atoms with van der Waals surface area (Å²) >= 11 is 1.32. The molecule has 23 heavy (non-hydrogen) atoms. The van der Waals surface area contributed by atoms with Gasteiger partial charge in [0.2, 0.25) is 11.8 Å². The van der Waals surface area contributed by atoms with Crippen LogP contribution in [0.25, 0.3) is 0 Å². The first-order chi connectivity index (χ1) is 11.1. The third-order valence-corrected chi connectivity index (χ3v) is 3.93. The Morgan fingerprint density at radius 1 is 1.30 bits per heavy atom. The molecule has 7 nitrogen and oxygen atoms in total. The number of nitrogens with zero attached hydrogens (tertiary/aromatic N) is 2. The summed E-state index contributed by atoms with van der Waals surface area (Å²) in [4.78, 5) is 26.8. The van der Waals surface area contributed by atoms with Gasteiger partial charge in [0.15, 0.2) is 0 Å². The van der Waals surface area contributed by atoms with Crippen LogP contribution in [0.2, 0.25) is 0 Å². The van der Waals surface area contributed by atoms with Gasteiger partial charge in [-0.05, 0) is 17.7 Å². The number of carbonyl (C=O) groups is 1. The molecular weight excluding hydrogens is 318 g/mol. The van der Waals surface area contributed by atoms with Gasteiger partial charge in [0.25, 0.3) is 5.69 Å². The van der Waals surface area contributed by atoms with Crippen LogP contribution in [-0.2, 0) is 11.3 Å². The summed E-state index contributed by atoms with van der Waals surface area (Å²) in [5.74, 6) is 0.638. The number of carbonyl (C=O) groups excluding carboxylic acids is 1. The number of hydrogen-bond acceptors (Lipinski definition) is 6. The van der Waals surface area contributed by atoms with E-state index >= 15 is 0 Å². The van der Waals surface area contributed by atoms with E-state index in [1.165, 1.54) is 23.9 Å². The first kappa shape index (κ1) is 16.8. The molecule has 0 aliphatic heterocycles. The fourth-order valence-corrected chi connectivity index (χ4v) is 2.43. The molecule has 0 spiro atoms. The van der Waals surface area contributed by atoms with Crippen LogP contribution in [0.15, 0.2) is 47.5 Å². The predicted molar refractivity (Wildman–Crippen MR) is 86.5 cm³/mol. The van der Waals surface area contributed by atoms with Gasteiger partial charge >= 0.3 is 0 Å². The number of aromatic nitrogens is 1. The van der Waals surface area contributed by atoms with Gasteiger partial charge in [0.05, 0.1) is 17.8 Å². The number of nitro groups is 1. The summed E-state index contributed by atoms with van der Waals surface area (Å²) < 4.78 is 4.96. The molecule has 0 bridgehead atoms. The largest absolute Gasteiger partial charge is 0.481 e. The fourth-order valence-electron chi connectivity index (χ4n) is 1.70. The first-order valence-electron chi connectivity index (χ1n) is 6.71. The minimum Gasteiger partial charge on any atom is -0.481 e. The topological polar surface area (TPSA) is 94.4 Å². The number of rotatable bonds is 7. The minimum atomic E-state index is -0.454. The number of ether oxygens (including phenoxy) is 1. The van der Waals surface area contributed by atoms with Crippen LogP contribution in [0, 0.1) is 10.1 Å². The number of nitro benzene ring substituents is 1. The lowest BCUT2D eigenvalue weighted by molar-refractivity contribution is -0.384. The number of hydrogen-bond donors (Lipinski definition) is 1. The maximum atomic E-state index is 11.8. The summed E-state index contributed by atoms with van der Waals surface area (Å²) in [7, 11) is 1.54. The minimum absolute atomic E-state index is 0.0332. The van der Waals surface area contributed by atoms with Gasteiger partial charge in [0.1, 0.15) is 0 Å². The Kier molecular flexibility index (Phi) is 5.93. The molecular formula is C15H15N3O4S. The number of non-ortho nitro benzene ring substituents is 1. The van der Waals surface area contributed by atoms with Gasteiger partial charge in [-0.2, -0.15) is 0 Å². The summed E-state index contributed by atoms with van der Waals surface area (Å²) in [6.07, 6.45) is 1.64. The summed E-state index contributed by atoms with van der Waals surface area (Å²) in [6, 6.07) is 9.65. The lowest BCUT2D eigenvalue weighted by atomic mass is 10.3. The van der Waals surface area contributed by atoms with Gasteiger partial charge in [-0.15, -0.1) is 11.8 Å². The number of amides is 1. The third-order valence-electron chi connectivity index (χ3n) is 2.91. The molecule has 1 aromatic carbocycles. The molecule has 120 valence electrons. The van der Waals surface area contributed by atoms with E-state index in [4.69, 9.17) is 4.74 Å². The monoisotopic (exact) mass is 333 g/mol. The van der Waals surface area contributed by atoms with Crippen molar-refractivity contribution >= 4 is 23.4 Å². The van der Waals surface area contributed by atoms with E-state index in [2.05, 4.69) is 10.3 Å². The number of methoxy groups -OCH3 is 1. The highest BCUT2D eigenvalue weighted by atomic mass is 32.2. The Morgan fingerprint density at radius 2 is 2.04 bits per heavy atom. The van der Waals surface area contributed by atoms with Crippen molar-refractivity contribution in [1.82, 2.24) is 10.3 Å². The van der Waals surface area contributed by atoms with Gasteiger partial charge in [-0.3, -0.25) is 14.9 Å². The van der Waals surface area contributed by atoms with Crippen molar-refractivity contribution in [3.8, 4) is 5.88 Å². The fraction of sp³-hybridized carbons (Fsp3) is 0.200. The van der Waals surface area contributed by atoms with Crippen molar-refractivity contribution in [3.05, 3.63) is 58.3 Å². The second kappa shape index (κ2) is 8.14. The molecule has 2 rings (SSSR count). The molecule has 1 amide bonds. The smallest absolute Gasteiger partial charge is 0.269 e. The van der Waals surface area contributed by atoms with E-state index in [0.717, 1.165) is 10.5 Å². The molecule has 0 unspecified atom stereocenters. The molecule has 0 aliphatic carbocycles. The zero-order valence-electron chi connectivity index (χ0n) is 12.4. The van der Waals surface area contributed by atoms with Crippen LogP contribution >= 0.6 is 11.8 Å². The molecule has 0 fully saturated rings. The molecule has 0 aliphatic rings. The van der Waals surface area contributed by atoms with Crippen LogP contribution in [-0.4, -0.2) is 28.7 Å². The van der Waals surface area contributed by atoms with E-state index in [9.17, 15) is 14.9 Å². The Hall–Kier alpha value is -2.61. The second-order valence-electron chi connectivity index (χ2n) is 4.53. The SMILES string of the molecule is COc1ccc(CNC(=O)CSc2ccc([N+](=O)[O-])cc2)cn1. The molecule has 1 aromatic heterocycles. The van der Waals surface area contributed by atoms with Crippen molar-refractivity contribution in [2.45, 2.75) is 11.4 Å². The van der Waals surface area contributed by atoms with Gasteiger partial charge in [-0.1, -0.05) is 6.07 Å². The lowest BCUT2D eigenvalue weighted by Gasteiger charge is -2.06. The number of nitrogens with one attached hydrogen (secondary N) is 1. The molecule has 0 atom stereocenters. The van der Waals surface area contributed by atoms with Crippen LogP contribution in [0.1, 0.15) is 5.56 Å². The highest BCUT2D eigenvalue weighted by Gasteiger charge is 2.06. The van der Waals surface area contributed by atoms with Crippen LogP contribution in [0.5, 0.6) is 5.88 Å². The molecule has 0 saturated carbocycles. The summed E-state index contributed by atoms with van der Waals surface area (Å²) in [6.45, 7) is 0.386. The lowest BCUT2D eigenvalue weighted by Crippen LogP contribution is -2.24. The standard InChI is InChI=1S/C15H15N3O4S/c1-22-15-7-2-11(9-17-15)8-16-14(19)10-23-13-5-3-12(4-6-13)18(20)21/h2-7,9H,8,10H2,1H3,(H,16,19). The Bertz CT molecular complexity index is 674. The molecule has 0 saturated heterocycles. The molecule has 8 heteroatoms. The van der Waals surface area contributed by atoms with Gasteiger partial charge in [0, 0.05) is 35.8 Å². The highest BCUT2D eigenvalue weighted by Crippen LogP contribution is 2.21. The Balaban J connectivity index is 1.77. The average molecular weight is 333 g/mol. The van der Waals surface area contributed by atoms with E-state index < -0.39 is 4.92 Å². The van der Waals surface area contributed by atoms with Crippen molar-refractivity contribution in [3.63, 3.8) is 0 Å². The molecule has 0 radical (unpaired) electrons. The number of pyridine rings is 1. The number of thioether (sulfide) groups is 1. The first-order valence-corrected chi connectivity index (χ1v) is 7.70. The average Bonchev–Trinajstić information content (AvgIpc) is 2.59. The summed E-state index contributed by atoms with van der Waals surface area (Å²) in [5, 5.41) is 13.3. The highest BCUT2D eigenvalue weighted by molar-refractivity contribution is 8.00. The molecule has 2 aromatic rings. The van der Waals surface area contributed by atoms with Crippen LogP contribution in [0.3, 0.4) is 0 Å². The van der Waals surface area contributed by atoms with Crippen molar-refractivity contribution in [1.29, 1.82) is 0 Å². The third kappa shape index (κ3) is 5.26. The van der Waals surface area contributed by atoms with Gasteiger partial charge in [-0.25, -0.2) is 4.98 Å². The van der Waals surface area contributed by atoms with E-state index in [0.29, 0.717) is 12.4 Å². The van der Waals surface area contributed by atoms with Crippen molar-refractivity contribution < 1.29 is 14.5 Å². The predicted octanol–water partition coefficient (Wildman–Crippen LogP) is 2.41. The van der Waals surface area contributed by atoms with E-state index in [1.54, 1.807) is 31.5 Å². The number of benzene rings is 1. The normalized spacial score (nSPS) is 10.1. The van der Waals surface area contributed by atoms with E-state index in [-0.39, 0.29) is 17.3 Å². The van der Waals surface area contributed by atoms with E-state index in [1.807, 2.05) is 6.07 Å². The zero-order chi connectivity index (χ0) is 16.7. The Labute approximate surface area is 137 Å². The second-order valence-corrected chi connectivity index (χ2v) is 5.57. The maximum Gasteiger partial charge on any atom is 0.269 e. The maximum absolute atomic E-state index is 11.8. The zero-order valence-corrected chi connectivity index (χ0v) is 13.2. The van der Waals surface area contributed by atoms with Crippen molar-refractivity contribution in [2.75, 3.05) is 12.9 Å². The van der Waals surface area contributed by atoms with Crippen molar-refractivity contribution in [2.24, 2.45) is 0 Å². The van der Waals surface area contributed by atoms with Gasteiger partial charge < -0.3 is 10.1 Å². The Morgan fingerprint density at radius 3 is 2.61 bits per heavy atom. The quantitative estimate of drug-likeness (QED) is 0.475. The van der Waals surface area contributed by atoms with Crippen LogP contribution < -0.4 is 10.1 Å².